The SMILES string of the molecule is CCCCCCCCCC/C=C\CCCCCCCCCCCCCCCCCCCCCCCCCCCCCCCC(=O)NC(COC1OC(CO)C(OC2OC(CO)C(O)C(O)C2O)C(O)C1O)C(O)/C=C/CCCCCCCCCC. The van der Waals surface area contributed by atoms with E-state index in [4.69, 9.17) is 18.9 Å². The first-order chi connectivity index (χ1) is 41.6. The van der Waals surface area contributed by atoms with Gasteiger partial charge < -0.3 is 65.1 Å². The number of amides is 1. The molecule has 0 radical (unpaired) electrons. The van der Waals surface area contributed by atoms with Gasteiger partial charge in [-0.25, -0.2) is 0 Å². The van der Waals surface area contributed by atoms with Gasteiger partial charge in [-0.2, -0.15) is 0 Å². The van der Waals surface area contributed by atoms with E-state index in [1.807, 2.05) is 6.08 Å². The van der Waals surface area contributed by atoms with Crippen LogP contribution in [-0.4, -0.2) is 140 Å². The van der Waals surface area contributed by atoms with Crippen molar-refractivity contribution in [2.24, 2.45) is 0 Å². The molecule has 2 saturated heterocycles. The molecule has 2 heterocycles. The highest BCUT2D eigenvalue weighted by Crippen LogP contribution is 2.30. The van der Waals surface area contributed by atoms with E-state index in [1.165, 1.54) is 263 Å². The van der Waals surface area contributed by atoms with Gasteiger partial charge in [0.2, 0.25) is 5.91 Å². The van der Waals surface area contributed by atoms with Crippen molar-refractivity contribution in [1.29, 1.82) is 0 Å². The molecule has 0 aromatic rings. The van der Waals surface area contributed by atoms with Crippen molar-refractivity contribution < 1.29 is 64.6 Å². The van der Waals surface area contributed by atoms with Gasteiger partial charge in [0, 0.05) is 6.42 Å². The topological polar surface area (TPSA) is 228 Å². The number of aliphatic hydroxyl groups is 8. The molecule has 2 aliphatic rings. The number of hydrogen-bond donors (Lipinski definition) is 9. The molecule has 14 nitrogen and oxygen atoms in total. The first kappa shape index (κ1) is 79.6. The second kappa shape index (κ2) is 56.5. The number of rotatable bonds is 60. The van der Waals surface area contributed by atoms with Crippen LogP contribution >= 0.6 is 0 Å². The molecule has 12 unspecified atom stereocenters. The number of carbonyl (C=O) groups is 1. The van der Waals surface area contributed by atoms with Crippen molar-refractivity contribution in [3.05, 3.63) is 24.3 Å². The number of allylic oxidation sites excluding steroid dienone is 3. The molecule has 2 rings (SSSR count). The summed E-state index contributed by atoms with van der Waals surface area (Å²) >= 11 is 0. The second-order valence-electron chi connectivity index (χ2n) is 25.7. The fourth-order valence-corrected chi connectivity index (χ4v) is 12.1. The zero-order valence-corrected chi connectivity index (χ0v) is 54.6. The standard InChI is InChI=1S/C71H135NO13/c1-3-5-7-9-11-13-15-16-17-18-19-20-21-22-23-24-25-26-27-28-29-30-31-32-33-34-35-36-37-38-39-40-41-42-43-44-45-47-49-51-53-55-63(76)72-59(60(75)54-52-50-48-46-14-12-10-8-6-4-2)58-82-70-68(81)66(79)69(62(57-74)84-70)85-71-67(80)65(78)64(77)61(56-73)83-71/h18-19,52,54,59-62,64-71,73-75,77-81H,3-17,20-51,53,55-58H2,1-2H3,(H,72,76)/b19-18-,54-52+. The lowest BCUT2D eigenvalue weighted by Crippen LogP contribution is -2.65. The van der Waals surface area contributed by atoms with E-state index >= 15 is 0 Å². The average Bonchev–Trinajstić information content (AvgIpc) is 2.93. The van der Waals surface area contributed by atoms with Crippen LogP contribution in [0.2, 0.25) is 0 Å². The normalized spacial score (nSPS) is 23.6. The molecule has 502 valence electrons. The van der Waals surface area contributed by atoms with Crippen LogP contribution in [0.5, 0.6) is 0 Å². The van der Waals surface area contributed by atoms with Gasteiger partial charge >= 0.3 is 0 Å². The van der Waals surface area contributed by atoms with E-state index in [0.717, 1.165) is 38.5 Å². The molecule has 9 N–H and O–H groups in total. The summed E-state index contributed by atoms with van der Waals surface area (Å²) < 4.78 is 22.8. The van der Waals surface area contributed by atoms with Crippen molar-refractivity contribution >= 4 is 5.91 Å². The third kappa shape index (κ3) is 40.8. The maximum absolute atomic E-state index is 13.3. The van der Waals surface area contributed by atoms with Crippen molar-refractivity contribution in [1.82, 2.24) is 5.32 Å². The fourth-order valence-electron chi connectivity index (χ4n) is 12.1. The Morgan fingerprint density at radius 3 is 1.12 bits per heavy atom. The molecule has 0 aromatic heterocycles. The van der Waals surface area contributed by atoms with Gasteiger partial charge in [0.15, 0.2) is 12.6 Å². The molecular weight excluding hydrogens is 1070 g/mol. The summed E-state index contributed by atoms with van der Waals surface area (Å²) in [6.45, 7) is 2.80. The Bertz CT molecular complexity index is 1520. The van der Waals surface area contributed by atoms with Crippen LogP contribution in [0.1, 0.15) is 328 Å². The zero-order valence-electron chi connectivity index (χ0n) is 54.6. The Morgan fingerprint density at radius 2 is 0.741 bits per heavy atom. The van der Waals surface area contributed by atoms with Gasteiger partial charge in [-0.05, 0) is 44.9 Å². The van der Waals surface area contributed by atoms with E-state index in [2.05, 4.69) is 31.3 Å². The second-order valence-corrected chi connectivity index (χ2v) is 25.7. The molecule has 2 aliphatic heterocycles. The summed E-state index contributed by atoms with van der Waals surface area (Å²) in [6.07, 6.45) is 54.5. The van der Waals surface area contributed by atoms with Crippen LogP contribution in [0.3, 0.4) is 0 Å². The van der Waals surface area contributed by atoms with Gasteiger partial charge in [0.1, 0.15) is 48.8 Å². The van der Waals surface area contributed by atoms with E-state index in [1.54, 1.807) is 6.08 Å². The monoisotopic (exact) mass is 1210 g/mol. The molecule has 85 heavy (non-hydrogen) atoms. The number of nitrogens with one attached hydrogen (secondary N) is 1. The zero-order chi connectivity index (χ0) is 61.6. The lowest BCUT2D eigenvalue weighted by Gasteiger charge is -2.46. The maximum Gasteiger partial charge on any atom is 0.220 e. The Hall–Kier alpha value is -1.53. The van der Waals surface area contributed by atoms with Crippen LogP contribution in [0, 0.1) is 0 Å². The van der Waals surface area contributed by atoms with Gasteiger partial charge in [0.05, 0.1) is 32.0 Å². The number of carbonyl (C=O) groups excluding carboxylic acids is 1. The summed E-state index contributed by atoms with van der Waals surface area (Å²) in [7, 11) is 0. The first-order valence-corrected chi connectivity index (χ1v) is 36.1. The van der Waals surface area contributed by atoms with Crippen molar-refractivity contribution in [2.75, 3.05) is 19.8 Å². The van der Waals surface area contributed by atoms with Crippen LogP contribution in [0.4, 0.5) is 0 Å². The van der Waals surface area contributed by atoms with E-state index in [-0.39, 0.29) is 18.9 Å². The third-order valence-electron chi connectivity index (χ3n) is 17.9. The van der Waals surface area contributed by atoms with Crippen LogP contribution in [0.25, 0.3) is 0 Å². The molecule has 1 amide bonds. The Balaban J connectivity index is 1.49. The molecular formula is C71H135NO13. The molecule has 12 atom stereocenters. The van der Waals surface area contributed by atoms with Crippen molar-refractivity contribution in [2.45, 2.75) is 402 Å². The summed E-state index contributed by atoms with van der Waals surface area (Å²) in [6, 6.07) is -0.910. The number of aliphatic hydroxyl groups excluding tert-OH is 8. The van der Waals surface area contributed by atoms with E-state index < -0.39 is 86.8 Å². The lowest BCUT2D eigenvalue weighted by atomic mass is 9.97. The summed E-state index contributed by atoms with van der Waals surface area (Å²) in [5.41, 5.74) is 0. The third-order valence-corrected chi connectivity index (χ3v) is 17.9. The molecule has 14 heteroatoms. The van der Waals surface area contributed by atoms with Gasteiger partial charge in [0.25, 0.3) is 0 Å². The molecule has 2 fully saturated rings. The minimum Gasteiger partial charge on any atom is -0.394 e. The quantitative estimate of drug-likeness (QED) is 0.0204. The molecule has 0 bridgehead atoms. The highest BCUT2D eigenvalue weighted by atomic mass is 16.7. The Labute approximate surface area is 519 Å². The molecule has 0 aliphatic carbocycles. The predicted octanol–water partition coefficient (Wildman–Crippen LogP) is 14.7. The fraction of sp³-hybridized carbons (Fsp3) is 0.930. The van der Waals surface area contributed by atoms with Crippen molar-refractivity contribution in [3.8, 4) is 0 Å². The van der Waals surface area contributed by atoms with E-state index in [0.29, 0.717) is 6.42 Å². The maximum atomic E-state index is 13.3. The number of unbranched alkanes of at least 4 members (excludes halogenated alkanes) is 45. The summed E-state index contributed by atoms with van der Waals surface area (Å²) in [4.78, 5) is 13.3. The highest BCUT2D eigenvalue weighted by molar-refractivity contribution is 5.76. The van der Waals surface area contributed by atoms with Gasteiger partial charge in [-0.15, -0.1) is 0 Å². The smallest absolute Gasteiger partial charge is 0.220 e. The molecule has 0 spiro atoms. The van der Waals surface area contributed by atoms with Gasteiger partial charge in [-0.3, -0.25) is 4.79 Å². The van der Waals surface area contributed by atoms with Crippen LogP contribution in [0.15, 0.2) is 24.3 Å². The number of ether oxygens (including phenoxy) is 4. The minimum absolute atomic E-state index is 0.235. The molecule has 0 aromatic carbocycles. The number of hydrogen-bond acceptors (Lipinski definition) is 13. The largest absolute Gasteiger partial charge is 0.394 e. The predicted molar refractivity (Wildman–Crippen MR) is 346 cm³/mol. The minimum atomic E-state index is -1.79. The average molecular weight is 1210 g/mol. The Kier molecular flexibility index (Phi) is 52.8. The summed E-state index contributed by atoms with van der Waals surface area (Å²) in [5.74, 6) is -0.235. The Morgan fingerprint density at radius 1 is 0.412 bits per heavy atom. The highest BCUT2D eigenvalue weighted by Gasteiger charge is 2.51. The van der Waals surface area contributed by atoms with E-state index in [9.17, 15) is 45.6 Å². The van der Waals surface area contributed by atoms with Crippen molar-refractivity contribution in [3.63, 3.8) is 0 Å². The lowest BCUT2D eigenvalue weighted by molar-refractivity contribution is -0.359. The van der Waals surface area contributed by atoms with Crippen LogP contribution < -0.4 is 5.32 Å². The van der Waals surface area contributed by atoms with Crippen LogP contribution in [-0.2, 0) is 23.7 Å². The molecule has 0 saturated carbocycles. The van der Waals surface area contributed by atoms with Gasteiger partial charge in [-0.1, -0.05) is 301 Å². The first-order valence-electron chi connectivity index (χ1n) is 36.1. The summed E-state index contributed by atoms with van der Waals surface area (Å²) in [5, 5.41) is 87.0.